The maximum atomic E-state index is 12.7. The molecule has 2 amide bonds. The van der Waals surface area contributed by atoms with Crippen LogP contribution >= 0.6 is 0 Å². The fraction of sp³-hybridized carbons (Fsp3) is 0.652. The van der Waals surface area contributed by atoms with Crippen molar-refractivity contribution < 1.29 is 9.59 Å². The molecule has 1 heterocycles. The Kier molecular flexibility index (Phi) is 8.49. The molecule has 0 atom stereocenters. The number of piperazine rings is 1. The Morgan fingerprint density at radius 1 is 0.893 bits per heavy atom. The van der Waals surface area contributed by atoms with Crippen molar-refractivity contribution >= 4 is 11.8 Å². The molecule has 156 valence electrons. The lowest BCUT2D eigenvalue weighted by Gasteiger charge is -2.36. The smallest absolute Gasteiger partial charge is 0.223 e. The number of carbonyl (C=O) groups excluding carboxylic acids is 2. The summed E-state index contributed by atoms with van der Waals surface area (Å²) >= 11 is 0. The third kappa shape index (κ3) is 6.33. The minimum atomic E-state index is -0.0147. The van der Waals surface area contributed by atoms with Crippen molar-refractivity contribution in [1.82, 2.24) is 14.7 Å². The summed E-state index contributed by atoms with van der Waals surface area (Å²) < 4.78 is 0. The van der Waals surface area contributed by atoms with Crippen LogP contribution in [0.1, 0.15) is 52.5 Å². The van der Waals surface area contributed by atoms with Crippen LogP contribution in [0.4, 0.5) is 0 Å². The number of rotatable bonds is 9. The number of nitrogens with zero attached hydrogens (tertiary/aromatic N) is 3. The van der Waals surface area contributed by atoms with E-state index in [-0.39, 0.29) is 17.2 Å². The zero-order valence-electron chi connectivity index (χ0n) is 18.1. The average Bonchev–Trinajstić information content (AvgIpc) is 2.73. The SMILES string of the molecule is CCN(CC)CCC(=O)N1CCN(C(=O)CCC(C)(C)c2ccccc2)CC1. The quantitative estimate of drug-likeness (QED) is 0.654. The van der Waals surface area contributed by atoms with Gasteiger partial charge in [-0.05, 0) is 30.5 Å². The van der Waals surface area contributed by atoms with Crippen molar-refractivity contribution in [2.75, 3.05) is 45.8 Å². The van der Waals surface area contributed by atoms with Crippen molar-refractivity contribution in [2.45, 2.75) is 52.4 Å². The van der Waals surface area contributed by atoms with E-state index < -0.39 is 0 Å². The van der Waals surface area contributed by atoms with Gasteiger partial charge in [-0.3, -0.25) is 9.59 Å². The molecule has 0 bridgehead atoms. The van der Waals surface area contributed by atoms with Crippen LogP contribution in [-0.2, 0) is 15.0 Å². The maximum absolute atomic E-state index is 12.7. The highest BCUT2D eigenvalue weighted by Crippen LogP contribution is 2.28. The van der Waals surface area contributed by atoms with Gasteiger partial charge in [0.25, 0.3) is 0 Å². The third-order valence-electron chi connectivity index (χ3n) is 6.04. The summed E-state index contributed by atoms with van der Waals surface area (Å²) in [6.07, 6.45) is 1.96. The van der Waals surface area contributed by atoms with Gasteiger partial charge in [-0.1, -0.05) is 58.0 Å². The van der Waals surface area contributed by atoms with Gasteiger partial charge in [-0.25, -0.2) is 0 Å². The molecular weight excluding hydrogens is 350 g/mol. The first kappa shape index (κ1) is 22.4. The fourth-order valence-electron chi connectivity index (χ4n) is 3.77. The molecule has 0 unspecified atom stereocenters. The van der Waals surface area contributed by atoms with Gasteiger partial charge in [0.05, 0.1) is 0 Å². The Morgan fingerprint density at radius 2 is 1.39 bits per heavy atom. The van der Waals surface area contributed by atoms with E-state index in [0.29, 0.717) is 39.0 Å². The highest BCUT2D eigenvalue weighted by Gasteiger charge is 2.26. The number of amides is 2. The largest absolute Gasteiger partial charge is 0.339 e. The van der Waals surface area contributed by atoms with Crippen LogP contribution in [0.15, 0.2) is 30.3 Å². The number of hydrogen-bond donors (Lipinski definition) is 0. The molecule has 1 aromatic carbocycles. The van der Waals surface area contributed by atoms with Gasteiger partial charge in [-0.15, -0.1) is 0 Å². The molecule has 0 radical (unpaired) electrons. The van der Waals surface area contributed by atoms with Gasteiger partial charge >= 0.3 is 0 Å². The van der Waals surface area contributed by atoms with Crippen molar-refractivity contribution in [3.8, 4) is 0 Å². The predicted molar refractivity (Wildman–Crippen MR) is 114 cm³/mol. The Labute approximate surface area is 170 Å². The molecule has 5 nitrogen and oxygen atoms in total. The molecule has 5 heteroatoms. The molecule has 1 fully saturated rings. The van der Waals surface area contributed by atoms with Gasteiger partial charge in [-0.2, -0.15) is 0 Å². The molecule has 0 spiro atoms. The summed E-state index contributed by atoms with van der Waals surface area (Å²) in [5.74, 6) is 0.420. The van der Waals surface area contributed by atoms with E-state index in [1.807, 2.05) is 15.9 Å². The second kappa shape index (κ2) is 10.6. The minimum absolute atomic E-state index is 0.0147. The van der Waals surface area contributed by atoms with E-state index >= 15 is 0 Å². The summed E-state index contributed by atoms with van der Waals surface area (Å²) in [5, 5.41) is 0. The van der Waals surface area contributed by atoms with Crippen LogP contribution in [0.25, 0.3) is 0 Å². The summed E-state index contributed by atoms with van der Waals surface area (Å²) in [7, 11) is 0. The lowest BCUT2D eigenvalue weighted by molar-refractivity contribution is -0.139. The van der Waals surface area contributed by atoms with Gasteiger partial charge in [0.1, 0.15) is 0 Å². The highest BCUT2D eigenvalue weighted by molar-refractivity contribution is 5.78. The second-order valence-corrected chi connectivity index (χ2v) is 8.29. The Bertz CT molecular complexity index is 618. The van der Waals surface area contributed by atoms with Gasteiger partial charge in [0, 0.05) is 45.6 Å². The molecule has 0 aliphatic carbocycles. The second-order valence-electron chi connectivity index (χ2n) is 8.29. The number of carbonyl (C=O) groups is 2. The van der Waals surface area contributed by atoms with Gasteiger partial charge < -0.3 is 14.7 Å². The summed E-state index contributed by atoms with van der Waals surface area (Å²) in [4.78, 5) is 31.2. The highest BCUT2D eigenvalue weighted by atomic mass is 16.2. The van der Waals surface area contributed by atoms with Crippen LogP contribution in [0.3, 0.4) is 0 Å². The first-order valence-electron chi connectivity index (χ1n) is 10.7. The molecule has 0 saturated carbocycles. The minimum Gasteiger partial charge on any atom is -0.339 e. The summed E-state index contributed by atoms with van der Waals surface area (Å²) in [6, 6.07) is 10.4. The first-order chi connectivity index (χ1) is 13.4. The average molecular weight is 388 g/mol. The maximum Gasteiger partial charge on any atom is 0.223 e. The molecular formula is C23H37N3O2. The Morgan fingerprint density at radius 3 is 1.89 bits per heavy atom. The fourth-order valence-corrected chi connectivity index (χ4v) is 3.77. The van der Waals surface area contributed by atoms with E-state index in [1.165, 1.54) is 5.56 Å². The Balaban J connectivity index is 1.75. The van der Waals surface area contributed by atoms with Crippen LogP contribution in [0.2, 0.25) is 0 Å². The molecule has 0 aromatic heterocycles. The lowest BCUT2D eigenvalue weighted by Crippen LogP contribution is -2.51. The first-order valence-corrected chi connectivity index (χ1v) is 10.7. The van der Waals surface area contributed by atoms with E-state index in [2.05, 4.69) is 56.9 Å². The molecule has 1 aliphatic heterocycles. The predicted octanol–water partition coefficient (Wildman–Crippen LogP) is 3.15. The summed E-state index contributed by atoms with van der Waals surface area (Å²) in [5.41, 5.74) is 1.26. The Hall–Kier alpha value is -1.88. The zero-order valence-corrected chi connectivity index (χ0v) is 18.1. The van der Waals surface area contributed by atoms with Crippen molar-refractivity contribution in [3.63, 3.8) is 0 Å². The number of benzene rings is 1. The van der Waals surface area contributed by atoms with Crippen molar-refractivity contribution in [2.24, 2.45) is 0 Å². The van der Waals surface area contributed by atoms with Crippen LogP contribution in [-0.4, -0.2) is 72.3 Å². The molecule has 0 N–H and O–H groups in total. The monoisotopic (exact) mass is 387 g/mol. The van der Waals surface area contributed by atoms with Crippen LogP contribution in [0, 0.1) is 0 Å². The summed E-state index contributed by atoms with van der Waals surface area (Å²) in [6.45, 7) is 14.0. The van der Waals surface area contributed by atoms with E-state index in [9.17, 15) is 9.59 Å². The lowest BCUT2D eigenvalue weighted by atomic mass is 9.80. The zero-order chi connectivity index (χ0) is 20.6. The van der Waals surface area contributed by atoms with E-state index in [0.717, 1.165) is 26.1 Å². The van der Waals surface area contributed by atoms with Crippen LogP contribution < -0.4 is 0 Å². The molecule has 1 saturated heterocycles. The third-order valence-corrected chi connectivity index (χ3v) is 6.04. The van der Waals surface area contributed by atoms with Gasteiger partial charge in [0.2, 0.25) is 11.8 Å². The topological polar surface area (TPSA) is 43.9 Å². The molecule has 28 heavy (non-hydrogen) atoms. The van der Waals surface area contributed by atoms with Gasteiger partial charge in [0.15, 0.2) is 0 Å². The molecule has 2 rings (SSSR count). The normalized spacial score (nSPS) is 15.2. The van der Waals surface area contributed by atoms with Crippen molar-refractivity contribution in [1.29, 1.82) is 0 Å². The van der Waals surface area contributed by atoms with Crippen LogP contribution in [0.5, 0.6) is 0 Å². The number of hydrogen-bond acceptors (Lipinski definition) is 3. The van der Waals surface area contributed by atoms with Crippen molar-refractivity contribution in [3.05, 3.63) is 35.9 Å². The molecule has 1 aromatic rings. The standard InChI is InChI=1S/C23H37N3O2/c1-5-24(6-2)15-13-22(28)26-18-16-25(17-19-26)21(27)12-14-23(3,4)20-10-8-7-9-11-20/h7-11H,5-6,12-19H2,1-4H3. The van der Waals surface area contributed by atoms with E-state index in [1.54, 1.807) is 0 Å². The van der Waals surface area contributed by atoms with E-state index in [4.69, 9.17) is 0 Å². The molecule has 1 aliphatic rings.